The highest BCUT2D eigenvalue weighted by Gasteiger charge is 2.43. The number of rotatable bonds is 3. The van der Waals surface area contributed by atoms with Crippen LogP contribution in [0.4, 0.5) is 0 Å². The quantitative estimate of drug-likeness (QED) is 0.600. The van der Waals surface area contributed by atoms with Gasteiger partial charge in [0, 0.05) is 5.41 Å². The molecule has 52 valence electrons. The van der Waals surface area contributed by atoms with E-state index in [1.165, 1.54) is 0 Å². The first kappa shape index (κ1) is 6.75. The molecule has 0 aliphatic heterocycles. The van der Waals surface area contributed by atoms with Gasteiger partial charge in [-0.25, -0.2) is 0 Å². The van der Waals surface area contributed by atoms with Gasteiger partial charge in [0.15, 0.2) is 5.78 Å². The summed E-state index contributed by atoms with van der Waals surface area (Å²) in [5, 5.41) is 2.86. The lowest BCUT2D eigenvalue weighted by Crippen LogP contribution is -2.24. The number of likely N-dealkylation sites (N-methyl/N-ethyl adjacent to an activating group) is 1. The van der Waals surface area contributed by atoms with Gasteiger partial charge in [0.2, 0.25) is 0 Å². The zero-order valence-electron chi connectivity index (χ0n) is 6.03. The van der Waals surface area contributed by atoms with Crippen molar-refractivity contribution in [2.24, 2.45) is 5.41 Å². The molecule has 0 aromatic carbocycles. The lowest BCUT2D eigenvalue weighted by molar-refractivity contribution is -0.122. The summed E-state index contributed by atoms with van der Waals surface area (Å²) < 4.78 is 0. The molecule has 0 aromatic heterocycles. The molecule has 1 saturated carbocycles. The van der Waals surface area contributed by atoms with Crippen molar-refractivity contribution in [3.63, 3.8) is 0 Å². The first-order valence-electron chi connectivity index (χ1n) is 3.37. The van der Waals surface area contributed by atoms with Crippen LogP contribution in [0.1, 0.15) is 19.8 Å². The Labute approximate surface area is 55.6 Å². The zero-order valence-corrected chi connectivity index (χ0v) is 6.03. The maximum Gasteiger partial charge on any atom is 0.152 e. The van der Waals surface area contributed by atoms with E-state index < -0.39 is 0 Å². The lowest BCUT2D eigenvalue weighted by atomic mass is 10.0. The molecular weight excluding hydrogens is 114 g/mol. The standard InChI is InChI=1S/C7H13NO/c1-7(3-4-7)6(9)5-8-2/h8H,3-5H2,1-2H3. The van der Waals surface area contributed by atoms with Gasteiger partial charge < -0.3 is 5.32 Å². The van der Waals surface area contributed by atoms with Gasteiger partial charge in [-0.15, -0.1) is 0 Å². The van der Waals surface area contributed by atoms with Crippen molar-refractivity contribution < 1.29 is 4.79 Å². The molecule has 1 N–H and O–H groups in total. The van der Waals surface area contributed by atoms with Gasteiger partial charge in [-0.1, -0.05) is 6.92 Å². The highest BCUT2D eigenvalue weighted by molar-refractivity contribution is 5.88. The van der Waals surface area contributed by atoms with Gasteiger partial charge in [0.05, 0.1) is 6.54 Å². The third kappa shape index (κ3) is 1.30. The average molecular weight is 127 g/mol. The number of hydrogen-bond acceptors (Lipinski definition) is 2. The van der Waals surface area contributed by atoms with Crippen LogP contribution in [0.2, 0.25) is 0 Å². The van der Waals surface area contributed by atoms with Crippen molar-refractivity contribution in [2.75, 3.05) is 13.6 Å². The number of nitrogens with one attached hydrogen (secondary N) is 1. The van der Waals surface area contributed by atoms with Crippen LogP contribution in [0.5, 0.6) is 0 Å². The minimum atomic E-state index is 0.0585. The second-order valence-electron chi connectivity index (χ2n) is 3.01. The number of carbonyl (C=O) groups is 1. The molecule has 1 fully saturated rings. The molecule has 0 atom stereocenters. The van der Waals surface area contributed by atoms with E-state index in [0.29, 0.717) is 12.3 Å². The van der Waals surface area contributed by atoms with E-state index >= 15 is 0 Å². The van der Waals surface area contributed by atoms with Gasteiger partial charge in [-0.05, 0) is 19.9 Å². The zero-order chi connectivity index (χ0) is 6.91. The molecule has 1 rings (SSSR count). The van der Waals surface area contributed by atoms with Crippen molar-refractivity contribution in [1.82, 2.24) is 5.32 Å². The summed E-state index contributed by atoms with van der Waals surface area (Å²) in [5.74, 6) is 0.366. The Hall–Kier alpha value is -0.370. The van der Waals surface area contributed by atoms with Crippen molar-refractivity contribution in [3.8, 4) is 0 Å². The molecule has 0 unspecified atom stereocenters. The summed E-state index contributed by atoms with van der Waals surface area (Å²) >= 11 is 0. The van der Waals surface area contributed by atoms with Crippen LogP contribution < -0.4 is 5.32 Å². The molecule has 0 amide bonds. The SMILES string of the molecule is CNCC(=O)C1(C)CC1. The van der Waals surface area contributed by atoms with Gasteiger partial charge in [0.1, 0.15) is 0 Å². The summed E-state index contributed by atoms with van der Waals surface area (Å²) in [6, 6.07) is 0. The highest BCUT2D eigenvalue weighted by Crippen LogP contribution is 2.45. The molecule has 0 heterocycles. The van der Waals surface area contributed by atoms with Crippen LogP contribution in [0.25, 0.3) is 0 Å². The van der Waals surface area contributed by atoms with Gasteiger partial charge in [-0.3, -0.25) is 4.79 Å². The van der Waals surface area contributed by atoms with Crippen LogP contribution in [0, 0.1) is 5.41 Å². The largest absolute Gasteiger partial charge is 0.313 e. The fraction of sp³-hybridized carbons (Fsp3) is 0.857. The Morgan fingerprint density at radius 3 is 2.56 bits per heavy atom. The minimum absolute atomic E-state index is 0.0585. The van der Waals surface area contributed by atoms with Crippen LogP contribution in [-0.2, 0) is 4.79 Å². The topological polar surface area (TPSA) is 29.1 Å². The van der Waals surface area contributed by atoms with Crippen LogP contribution in [-0.4, -0.2) is 19.4 Å². The molecule has 0 bridgehead atoms. The third-order valence-corrected chi connectivity index (χ3v) is 2.01. The van der Waals surface area contributed by atoms with E-state index in [2.05, 4.69) is 5.32 Å². The molecule has 2 heteroatoms. The molecule has 0 aromatic rings. The molecule has 2 nitrogen and oxygen atoms in total. The summed E-state index contributed by atoms with van der Waals surface area (Å²) in [6.45, 7) is 2.57. The molecule has 1 aliphatic carbocycles. The average Bonchev–Trinajstić information content (AvgIpc) is 2.50. The van der Waals surface area contributed by atoms with Crippen LogP contribution >= 0.6 is 0 Å². The monoisotopic (exact) mass is 127 g/mol. The van der Waals surface area contributed by atoms with E-state index in [-0.39, 0.29) is 5.41 Å². The van der Waals surface area contributed by atoms with Crippen molar-refractivity contribution in [1.29, 1.82) is 0 Å². The number of carbonyl (C=O) groups excluding carboxylic acids is 1. The number of ketones is 1. The number of hydrogen-bond donors (Lipinski definition) is 1. The van der Waals surface area contributed by atoms with Crippen LogP contribution in [0.15, 0.2) is 0 Å². The van der Waals surface area contributed by atoms with Crippen molar-refractivity contribution in [2.45, 2.75) is 19.8 Å². The molecule has 9 heavy (non-hydrogen) atoms. The molecule has 0 spiro atoms. The van der Waals surface area contributed by atoms with Crippen molar-refractivity contribution >= 4 is 5.78 Å². The lowest BCUT2D eigenvalue weighted by Gasteiger charge is -2.04. The normalized spacial score (nSPS) is 21.6. The molecular formula is C7H13NO. The summed E-state index contributed by atoms with van der Waals surface area (Å²) in [7, 11) is 1.81. The summed E-state index contributed by atoms with van der Waals surface area (Å²) in [4.78, 5) is 11.1. The Balaban J connectivity index is 2.34. The van der Waals surface area contributed by atoms with Crippen LogP contribution in [0.3, 0.4) is 0 Å². The highest BCUT2D eigenvalue weighted by atomic mass is 16.1. The third-order valence-electron chi connectivity index (χ3n) is 2.01. The van der Waals surface area contributed by atoms with Gasteiger partial charge >= 0.3 is 0 Å². The number of Topliss-reactive ketones (excluding diaryl/α,β-unsaturated/α-hetero) is 1. The Morgan fingerprint density at radius 1 is 1.67 bits per heavy atom. The smallest absolute Gasteiger partial charge is 0.152 e. The fourth-order valence-electron chi connectivity index (χ4n) is 0.840. The Bertz CT molecular complexity index is 127. The Morgan fingerprint density at radius 2 is 2.22 bits per heavy atom. The predicted octanol–water partition coefficient (Wildman–Crippen LogP) is 0.575. The van der Waals surface area contributed by atoms with Gasteiger partial charge in [0.25, 0.3) is 0 Å². The maximum absolute atomic E-state index is 11.1. The first-order valence-corrected chi connectivity index (χ1v) is 3.37. The molecule has 1 aliphatic rings. The van der Waals surface area contributed by atoms with E-state index in [4.69, 9.17) is 0 Å². The second kappa shape index (κ2) is 2.10. The first-order chi connectivity index (χ1) is 4.19. The maximum atomic E-state index is 11.1. The molecule has 0 saturated heterocycles. The van der Waals surface area contributed by atoms with E-state index in [1.54, 1.807) is 0 Å². The minimum Gasteiger partial charge on any atom is -0.313 e. The van der Waals surface area contributed by atoms with E-state index in [0.717, 1.165) is 12.8 Å². The summed E-state index contributed by atoms with van der Waals surface area (Å²) in [6.07, 6.45) is 2.18. The molecule has 0 radical (unpaired) electrons. The van der Waals surface area contributed by atoms with E-state index in [9.17, 15) is 4.79 Å². The van der Waals surface area contributed by atoms with Gasteiger partial charge in [-0.2, -0.15) is 0 Å². The van der Waals surface area contributed by atoms with E-state index in [1.807, 2.05) is 14.0 Å². The fourth-order valence-corrected chi connectivity index (χ4v) is 0.840. The van der Waals surface area contributed by atoms with Crippen molar-refractivity contribution in [3.05, 3.63) is 0 Å². The Kier molecular flexibility index (Phi) is 1.58. The second-order valence-corrected chi connectivity index (χ2v) is 3.01. The summed E-state index contributed by atoms with van der Waals surface area (Å²) in [5.41, 5.74) is 0.0585. The predicted molar refractivity (Wildman–Crippen MR) is 36.3 cm³/mol.